The lowest BCUT2D eigenvalue weighted by Crippen LogP contribution is -2.57. The summed E-state index contributed by atoms with van der Waals surface area (Å²) in [7, 11) is 0. The summed E-state index contributed by atoms with van der Waals surface area (Å²) in [6.45, 7) is 14.2. The lowest BCUT2D eigenvalue weighted by Gasteiger charge is -2.35. The van der Waals surface area contributed by atoms with E-state index in [-0.39, 0.29) is 18.2 Å². The number of nitrogens with one attached hydrogen (secondary N) is 1. The summed E-state index contributed by atoms with van der Waals surface area (Å²) in [6, 6.07) is 9.85. The number of ketones is 1. The summed E-state index contributed by atoms with van der Waals surface area (Å²) in [5.74, 6) is -0.0972. The second-order valence-electron chi connectivity index (χ2n) is 12.4. The van der Waals surface area contributed by atoms with Crippen molar-refractivity contribution in [3.05, 3.63) is 42.1 Å². The van der Waals surface area contributed by atoms with Crippen molar-refractivity contribution in [3.63, 3.8) is 0 Å². The van der Waals surface area contributed by atoms with Crippen LogP contribution < -0.4 is 10.1 Å². The molecule has 3 aromatic rings. The molecule has 0 aliphatic carbocycles. The van der Waals surface area contributed by atoms with Gasteiger partial charge >= 0.3 is 6.09 Å². The minimum Gasteiger partial charge on any atom is -0.484 e. The number of hydrogen-bond acceptors (Lipinski definition) is 8. The van der Waals surface area contributed by atoms with Gasteiger partial charge in [-0.1, -0.05) is 56.3 Å². The van der Waals surface area contributed by atoms with E-state index in [1.54, 1.807) is 26.8 Å². The summed E-state index contributed by atoms with van der Waals surface area (Å²) >= 11 is 0. The average Bonchev–Trinajstić information content (AvgIpc) is 3.45. The van der Waals surface area contributed by atoms with E-state index >= 15 is 0 Å². The maximum absolute atomic E-state index is 13.9. The Kier molecular flexibility index (Phi) is 7.92. The van der Waals surface area contributed by atoms with Gasteiger partial charge in [0.15, 0.2) is 11.5 Å². The van der Waals surface area contributed by atoms with Gasteiger partial charge in [0, 0.05) is 18.1 Å². The SMILES string of the molecule is CC(=O)[C@@H]1C[C@@H](Oc2cc(-c3ccccc3)nc3c(C)noc23)CN1C(=O)[C@@H](NC(=O)OC(C)(C)C)C(C)(C)C. The van der Waals surface area contributed by atoms with Crippen LogP contribution in [0.15, 0.2) is 40.9 Å². The molecular formula is C30H38N4O6. The van der Waals surface area contributed by atoms with E-state index in [4.69, 9.17) is 19.0 Å². The summed E-state index contributed by atoms with van der Waals surface area (Å²) in [5.41, 5.74) is 1.84. The van der Waals surface area contributed by atoms with Crippen molar-refractivity contribution in [3.8, 4) is 17.0 Å². The molecule has 1 aromatic carbocycles. The Bertz CT molecular complexity index is 1400. The van der Waals surface area contributed by atoms with E-state index in [0.717, 1.165) is 5.56 Å². The number of hydrogen-bond donors (Lipinski definition) is 1. The van der Waals surface area contributed by atoms with Gasteiger partial charge in [0.05, 0.1) is 18.3 Å². The topological polar surface area (TPSA) is 124 Å². The molecule has 1 aliphatic heterocycles. The lowest BCUT2D eigenvalue weighted by atomic mass is 9.85. The fourth-order valence-electron chi connectivity index (χ4n) is 4.78. The van der Waals surface area contributed by atoms with Crippen molar-refractivity contribution in [2.24, 2.45) is 5.41 Å². The Morgan fingerprint density at radius 3 is 2.38 bits per heavy atom. The highest BCUT2D eigenvalue weighted by molar-refractivity contribution is 5.92. The van der Waals surface area contributed by atoms with Crippen molar-refractivity contribution < 1.29 is 28.4 Å². The lowest BCUT2D eigenvalue weighted by molar-refractivity contribution is -0.141. The Hall–Kier alpha value is -3.95. The van der Waals surface area contributed by atoms with Crippen LogP contribution in [0, 0.1) is 12.3 Å². The quantitative estimate of drug-likeness (QED) is 0.451. The van der Waals surface area contributed by atoms with Crippen LogP contribution >= 0.6 is 0 Å². The van der Waals surface area contributed by atoms with E-state index in [9.17, 15) is 14.4 Å². The number of rotatable bonds is 6. The number of benzene rings is 1. The molecule has 0 bridgehead atoms. The van der Waals surface area contributed by atoms with Crippen LogP contribution in [-0.4, -0.2) is 63.2 Å². The Labute approximate surface area is 234 Å². The number of alkyl carbamates (subject to hydrolysis) is 1. The first-order chi connectivity index (χ1) is 18.6. The molecule has 0 unspecified atom stereocenters. The molecule has 0 radical (unpaired) electrons. The molecule has 2 amide bonds. The van der Waals surface area contributed by atoms with Gasteiger partial charge in [-0.05, 0) is 40.0 Å². The van der Waals surface area contributed by atoms with Crippen LogP contribution in [-0.2, 0) is 14.3 Å². The van der Waals surface area contributed by atoms with Crippen LogP contribution in [0.2, 0.25) is 0 Å². The number of amides is 2. The van der Waals surface area contributed by atoms with Gasteiger partial charge in [0.2, 0.25) is 11.5 Å². The fraction of sp³-hybridized carbons (Fsp3) is 0.500. The molecule has 10 nitrogen and oxygen atoms in total. The molecule has 1 fully saturated rings. The third-order valence-corrected chi connectivity index (χ3v) is 6.71. The molecule has 4 rings (SSSR count). The van der Waals surface area contributed by atoms with Crippen molar-refractivity contribution in [2.75, 3.05) is 6.54 Å². The zero-order valence-electron chi connectivity index (χ0n) is 24.4. The molecule has 214 valence electrons. The van der Waals surface area contributed by atoms with Gasteiger partial charge in [0.1, 0.15) is 29.0 Å². The molecule has 40 heavy (non-hydrogen) atoms. The van der Waals surface area contributed by atoms with E-state index in [0.29, 0.717) is 34.7 Å². The number of pyridine rings is 1. The molecule has 1 N–H and O–H groups in total. The average molecular weight is 551 g/mol. The minimum atomic E-state index is -0.919. The van der Waals surface area contributed by atoms with E-state index in [1.807, 2.05) is 58.0 Å². The number of nitrogens with zero attached hydrogens (tertiary/aromatic N) is 3. The highest BCUT2D eigenvalue weighted by Gasteiger charge is 2.45. The van der Waals surface area contributed by atoms with E-state index in [2.05, 4.69) is 10.5 Å². The second kappa shape index (κ2) is 10.9. The summed E-state index contributed by atoms with van der Waals surface area (Å²) < 4.78 is 17.4. The smallest absolute Gasteiger partial charge is 0.408 e. The molecule has 3 heterocycles. The molecule has 3 atom stereocenters. The van der Waals surface area contributed by atoms with Gasteiger partial charge in [-0.25, -0.2) is 9.78 Å². The Balaban J connectivity index is 1.62. The van der Waals surface area contributed by atoms with Crippen LogP contribution in [0.4, 0.5) is 4.79 Å². The van der Waals surface area contributed by atoms with Gasteiger partial charge in [-0.2, -0.15) is 0 Å². The third-order valence-electron chi connectivity index (χ3n) is 6.71. The van der Waals surface area contributed by atoms with Crippen LogP contribution in [0.3, 0.4) is 0 Å². The highest BCUT2D eigenvalue weighted by Crippen LogP contribution is 2.35. The zero-order valence-corrected chi connectivity index (χ0v) is 24.4. The number of carbonyl (C=O) groups excluding carboxylic acids is 3. The number of fused-ring (bicyclic) bond motifs is 1. The molecule has 1 aliphatic rings. The number of aromatic nitrogens is 2. The highest BCUT2D eigenvalue weighted by atomic mass is 16.6. The minimum absolute atomic E-state index is 0.156. The Morgan fingerprint density at radius 1 is 1.10 bits per heavy atom. The van der Waals surface area contributed by atoms with Crippen LogP contribution in [0.1, 0.15) is 60.6 Å². The largest absolute Gasteiger partial charge is 0.484 e. The maximum Gasteiger partial charge on any atom is 0.408 e. The van der Waals surface area contributed by atoms with Crippen molar-refractivity contribution in [1.29, 1.82) is 0 Å². The summed E-state index contributed by atoms with van der Waals surface area (Å²) in [4.78, 5) is 45.4. The molecule has 0 spiro atoms. The molecule has 10 heteroatoms. The Morgan fingerprint density at radius 2 is 1.77 bits per heavy atom. The molecular weight excluding hydrogens is 512 g/mol. The number of likely N-dealkylation sites (tertiary alicyclic amines) is 1. The maximum atomic E-state index is 13.9. The second-order valence-corrected chi connectivity index (χ2v) is 12.4. The van der Waals surface area contributed by atoms with Crippen molar-refractivity contribution in [1.82, 2.24) is 20.4 Å². The predicted octanol–water partition coefficient (Wildman–Crippen LogP) is 5.07. The fourth-order valence-corrected chi connectivity index (χ4v) is 4.78. The monoisotopic (exact) mass is 550 g/mol. The van der Waals surface area contributed by atoms with Crippen LogP contribution in [0.25, 0.3) is 22.4 Å². The number of aryl methyl sites for hydroxylation is 1. The van der Waals surface area contributed by atoms with Crippen LogP contribution in [0.5, 0.6) is 5.75 Å². The molecule has 0 saturated carbocycles. The first-order valence-electron chi connectivity index (χ1n) is 13.4. The van der Waals surface area contributed by atoms with Gasteiger partial charge in [0.25, 0.3) is 0 Å². The van der Waals surface area contributed by atoms with Gasteiger partial charge in [-0.15, -0.1) is 0 Å². The number of carbonyl (C=O) groups is 3. The summed E-state index contributed by atoms with van der Waals surface area (Å²) in [6.07, 6.45) is -0.901. The van der Waals surface area contributed by atoms with Crippen molar-refractivity contribution in [2.45, 2.75) is 85.6 Å². The zero-order chi connectivity index (χ0) is 29.4. The van der Waals surface area contributed by atoms with E-state index in [1.165, 1.54) is 11.8 Å². The van der Waals surface area contributed by atoms with E-state index < -0.39 is 35.3 Å². The first-order valence-corrected chi connectivity index (χ1v) is 13.4. The first kappa shape index (κ1) is 29.0. The number of Topliss-reactive ketones (excluding diaryl/α,β-unsaturated/α-hetero) is 1. The summed E-state index contributed by atoms with van der Waals surface area (Å²) in [5, 5.41) is 6.80. The van der Waals surface area contributed by atoms with Gasteiger partial charge in [-0.3, -0.25) is 9.59 Å². The van der Waals surface area contributed by atoms with Crippen molar-refractivity contribution >= 4 is 28.9 Å². The third kappa shape index (κ3) is 6.43. The normalized spacial score (nSPS) is 18.4. The standard InChI is InChI=1S/C30H38N4O6/c1-17-24-25(40-33-17)23(15-21(31-24)19-12-10-9-11-13-19)38-20-14-22(18(2)35)34(16-20)27(36)26(29(3,4)5)32-28(37)39-30(6,7)8/h9-13,15,20,22,26H,14,16H2,1-8H3,(H,32,37)/t20-,22+,26-/m1/s1. The number of ether oxygens (including phenoxy) is 2. The molecule has 1 saturated heterocycles. The predicted molar refractivity (Wildman–Crippen MR) is 150 cm³/mol. The molecule has 2 aromatic heterocycles. The van der Waals surface area contributed by atoms with Gasteiger partial charge < -0.3 is 24.2 Å².